The lowest BCUT2D eigenvalue weighted by atomic mass is 9.97. The van der Waals surface area contributed by atoms with Crippen LogP contribution in [0.25, 0.3) is 10.9 Å². The molecule has 0 unspecified atom stereocenters. The van der Waals surface area contributed by atoms with E-state index in [-0.39, 0.29) is 29.5 Å². The predicted octanol–water partition coefficient (Wildman–Crippen LogP) is 5.27. The fraction of sp³-hybridized carbons (Fsp3) is 0.375. The first-order chi connectivity index (χ1) is 25.6. The average molecular weight is 759 g/mol. The summed E-state index contributed by atoms with van der Waals surface area (Å²) >= 11 is 1.48. The predicted molar refractivity (Wildman–Crippen MR) is 202 cm³/mol. The van der Waals surface area contributed by atoms with Crippen molar-refractivity contribution in [3.05, 3.63) is 107 Å². The number of fused-ring (bicyclic) bond motifs is 2. The highest BCUT2D eigenvalue weighted by molar-refractivity contribution is 8.01. The minimum absolute atomic E-state index is 0.0680. The maximum absolute atomic E-state index is 14.3. The number of H-pyrrole nitrogens is 1. The van der Waals surface area contributed by atoms with Crippen molar-refractivity contribution in [1.29, 1.82) is 0 Å². The van der Waals surface area contributed by atoms with Crippen molar-refractivity contribution >= 4 is 52.2 Å². The molecule has 3 aromatic carbocycles. The van der Waals surface area contributed by atoms with Gasteiger partial charge >= 0.3 is 0 Å². The van der Waals surface area contributed by atoms with Gasteiger partial charge in [-0.3, -0.25) is 24.0 Å². The Labute approximate surface area is 316 Å². The fourth-order valence-electron chi connectivity index (χ4n) is 7.28. The first-order valence-electron chi connectivity index (χ1n) is 17.9. The number of amides is 5. The summed E-state index contributed by atoms with van der Waals surface area (Å²) in [5.74, 6) is -5.83. The molecule has 4 atom stereocenters. The summed E-state index contributed by atoms with van der Waals surface area (Å²) in [6.07, 6.45) is 1.24. The Morgan fingerprint density at radius 2 is 1.61 bits per heavy atom. The Bertz CT molecular complexity index is 2000. The lowest BCUT2D eigenvalue weighted by molar-refractivity contribution is -0.143. The topological polar surface area (TPSA) is 166 Å². The van der Waals surface area contributed by atoms with Crippen LogP contribution in [0, 0.1) is 0 Å². The number of aromatic nitrogens is 1. The number of halogens is 2. The first-order valence-corrected chi connectivity index (χ1v) is 18.8. The molecular formula is C40H44F2N6O5S. The molecular weight excluding hydrogens is 715 g/mol. The molecule has 6 N–H and O–H groups in total. The van der Waals surface area contributed by atoms with Crippen LogP contribution in [0.4, 0.5) is 8.78 Å². The van der Waals surface area contributed by atoms with Crippen LogP contribution in [-0.4, -0.2) is 67.7 Å². The van der Waals surface area contributed by atoms with Gasteiger partial charge in [0, 0.05) is 34.6 Å². The van der Waals surface area contributed by atoms with Crippen molar-refractivity contribution in [2.45, 2.75) is 93.1 Å². The molecule has 1 aromatic heterocycles. The average Bonchev–Trinajstić information content (AvgIpc) is 3.65. The minimum atomic E-state index is -3.06. The molecule has 54 heavy (non-hydrogen) atoms. The molecule has 0 aliphatic carbocycles. The van der Waals surface area contributed by atoms with Gasteiger partial charge in [-0.25, -0.2) is 8.78 Å². The van der Waals surface area contributed by atoms with Gasteiger partial charge in [0.05, 0.1) is 11.4 Å². The SMILES string of the molecule is CC(F)(F)c1ccc2[nH]c(C(=O)N[C@H]3CCC[C@H]4SC(C)(C)[C@@H](C(=O)N[C@@H](CCC(N)=O)C(=O)NC(c5ccccc5)c5ccccc5)N4C3=O)cc2c1. The highest BCUT2D eigenvalue weighted by atomic mass is 32.2. The zero-order valence-electron chi connectivity index (χ0n) is 30.2. The van der Waals surface area contributed by atoms with Crippen LogP contribution in [0.5, 0.6) is 0 Å². The largest absolute Gasteiger partial charge is 0.370 e. The third-order valence-corrected chi connectivity index (χ3v) is 11.5. The van der Waals surface area contributed by atoms with Gasteiger partial charge < -0.3 is 31.6 Å². The van der Waals surface area contributed by atoms with Crippen LogP contribution in [-0.2, 0) is 25.1 Å². The molecule has 0 bridgehead atoms. The lowest BCUT2D eigenvalue weighted by Crippen LogP contribution is -2.60. The molecule has 2 fully saturated rings. The van der Waals surface area contributed by atoms with Gasteiger partial charge in [-0.15, -0.1) is 11.8 Å². The fourth-order valence-corrected chi connectivity index (χ4v) is 8.95. The standard InChI is InChI=1S/C40H44F2N6O5S/c1-39(2)34(37(52)45-28(19-20-31(43)49)35(50)47-33(23-11-6-4-7-12-23)24-13-8-5-9-14-24)48-32(54-39)16-10-15-29(38(48)53)46-36(51)30-22-25-21-26(40(3,41)42)17-18-27(25)44-30/h4-9,11-14,17-18,21-22,28-29,32-34,44H,10,15-16,19-20H2,1-3H3,(H2,43,49)(H,45,52)(H,46,51)(H,47,50)/t28-,29-,32+,34+/m0/s1. The molecule has 2 aliphatic heterocycles. The second kappa shape index (κ2) is 15.6. The van der Waals surface area contributed by atoms with E-state index < -0.39 is 64.4 Å². The number of primary amides is 1. The number of thioether (sulfide) groups is 1. The summed E-state index contributed by atoms with van der Waals surface area (Å²) < 4.78 is 27.1. The summed E-state index contributed by atoms with van der Waals surface area (Å²) in [7, 11) is 0. The summed E-state index contributed by atoms with van der Waals surface area (Å²) in [6, 6.07) is 20.6. The Hall–Kier alpha value is -5.24. The van der Waals surface area contributed by atoms with E-state index in [2.05, 4.69) is 20.9 Å². The molecule has 0 spiro atoms. The third-order valence-electron chi connectivity index (χ3n) is 9.97. The number of nitrogens with two attached hydrogens (primary N) is 1. The molecule has 6 rings (SSSR count). The number of aromatic amines is 1. The van der Waals surface area contributed by atoms with E-state index in [1.807, 2.05) is 74.5 Å². The molecule has 11 nitrogen and oxygen atoms in total. The number of alkyl halides is 2. The molecule has 284 valence electrons. The molecule has 5 amide bonds. The maximum atomic E-state index is 14.3. The molecule has 2 aliphatic rings. The van der Waals surface area contributed by atoms with Crippen LogP contribution >= 0.6 is 11.8 Å². The first kappa shape index (κ1) is 38.5. The van der Waals surface area contributed by atoms with Gasteiger partial charge in [-0.1, -0.05) is 66.7 Å². The number of hydrogen-bond donors (Lipinski definition) is 5. The number of benzene rings is 3. The lowest BCUT2D eigenvalue weighted by Gasteiger charge is -2.34. The van der Waals surface area contributed by atoms with Crippen LogP contribution in [0.2, 0.25) is 0 Å². The maximum Gasteiger partial charge on any atom is 0.270 e. The quantitative estimate of drug-likeness (QED) is 0.132. The van der Waals surface area contributed by atoms with Crippen LogP contribution in [0.15, 0.2) is 84.9 Å². The van der Waals surface area contributed by atoms with E-state index >= 15 is 0 Å². The number of carbonyl (C=O) groups is 5. The van der Waals surface area contributed by atoms with Crippen molar-refractivity contribution in [3.63, 3.8) is 0 Å². The zero-order chi connectivity index (χ0) is 38.8. The number of nitrogens with one attached hydrogen (secondary N) is 4. The molecule has 4 aromatic rings. The van der Waals surface area contributed by atoms with E-state index in [4.69, 9.17) is 5.73 Å². The van der Waals surface area contributed by atoms with Crippen molar-refractivity contribution in [2.24, 2.45) is 5.73 Å². The summed E-state index contributed by atoms with van der Waals surface area (Å²) in [5.41, 5.74) is 7.52. The van der Waals surface area contributed by atoms with E-state index in [1.165, 1.54) is 40.9 Å². The molecule has 14 heteroatoms. The van der Waals surface area contributed by atoms with E-state index in [1.54, 1.807) is 0 Å². The third kappa shape index (κ3) is 8.43. The minimum Gasteiger partial charge on any atom is -0.370 e. The van der Waals surface area contributed by atoms with Crippen molar-refractivity contribution < 1.29 is 32.8 Å². The molecule has 3 heterocycles. The smallest absolute Gasteiger partial charge is 0.270 e. The summed E-state index contributed by atoms with van der Waals surface area (Å²) in [6.45, 7) is 4.51. The van der Waals surface area contributed by atoms with Crippen LogP contribution < -0.4 is 21.7 Å². The second-order valence-corrected chi connectivity index (χ2v) is 16.3. The Kier molecular flexibility index (Phi) is 11.1. The van der Waals surface area contributed by atoms with Gasteiger partial charge in [0.2, 0.25) is 23.6 Å². The molecule has 0 saturated carbocycles. The van der Waals surface area contributed by atoms with Gasteiger partial charge in [-0.2, -0.15) is 0 Å². The van der Waals surface area contributed by atoms with Crippen molar-refractivity contribution in [3.8, 4) is 0 Å². The van der Waals surface area contributed by atoms with Gasteiger partial charge in [0.15, 0.2) is 0 Å². The van der Waals surface area contributed by atoms with Gasteiger partial charge in [0.25, 0.3) is 11.8 Å². The Morgan fingerprint density at radius 1 is 0.963 bits per heavy atom. The summed E-state index contributed by atoms with van der Waals surface area (Å²) in [4.78, 5) is 72.5. The monoisotopic (exact) mass is 758 g/mol. The van der Waals surface area contributed by atoms with Crippen molar-refractivity contribution in [1.82, 2.24) is 25.8 Å². The van der Waals surface area contributed by atoms with E-state index in [0.29, 0.717) is 30.2 Å². The van der Waals surface area contributed by atoms with Gasteiger partial charge in [-0.05, 0) is 68.9 Å². The zero-order valence-corrected chi connectivity index (χ0v) is 31.1. The van der Waals surface area contributed by atoms with E-state index in [9.17, 15) is 32.8 Å². The molecule has 2 saturated heterocycles. The highest BCUT2D eigenvalue weighted by Gasteiger charge is 2.55. The van der Waals surface area contributed by atoms with Crippen molar-refractivity contribution in [2.75, 3.05) is 0 Å². The Morgan fingerprint density at radius 3 is 2.22 bits per heavy atom. The Balaban J connectivity index is 1.22. The highest BCUT2D eigenvalue weighted by Crippen LogP contribution is 2.47. The number of hydrogen-bond acceptors (Lipinski definition) is 6. The number of nitrogens with zero attached hydrogens (tertiary/aromatic N) is 1. The summed E-state index contributed by atoms with van der Waals surface area (Å²) in [5, 5.41) is 8.77. The normalized spacial score (nSPS) is 20.2. The van der Waals surface area contributed by atoms with Crippen LogP contribution in [0.3, 0.4) is 0 Å². The molecule has 0 radical (unpaired) electrons. The number of carbonyl (C=O) groups excluding carboxylic acids is 5. The van der Waals surface area contributed by atoms with Gasteiger partial charge in [0.1, 0.15) is 23.8 Å². The number of rotatable bonds is 12. The van der Waals surface area contributed by atoms with E-state index in [0.717, 1.165) is 18.1 Å². The van der Waals surface area contributed by atoms with Crippen LogP contribution in [0.1, 0.15) is 86.1 Å². The second-order valence-electron chi connectivity index (χ2n) is 14.5.